The van der Waals surface area contributed by atoms with Crippen molar-refractivity contribution in [3.05, 3.63) is 47.8 Å². The third kappa shape index (κ3) is 5.48. The number of aryl methyl sites for hydroxylation is 1. The van der Waals surface area contributed by atoms with E-state index >= 15 is 0 Å². The average molecular weight is 402 g/mol. The van der Waals surface area contributed by atoms with Gasteiger partial charge in [-0.3, -0.25) is 14.3 Å². The number of hydrogen-bond donors (Lipinski definition) is 2. The van der Waals surface area contributed by atoms with Crippen LogP contribution in [0, 0.1) is 11.6 Å². The lowest BCUT2D eigenvalue weighted by Crippen LogP contribution is -2.43. The van der Waals surface area contributed by atoms with Gasteiger partial charge in [0.05, 0.1) is 12.7 Å². The van der Waals surface area contributed by atoms with E-state index in [0.717, 1.165) is 12.1 Å². The lowest BCUT2D eigenvalue weighted by atomic mass is 10.1. The van der Waals surface area contributed by atoms with Crippen LogP contribution in [0.1, 0.15) is 18.5 Å². The van der Waals surface area contributed by atoms with Gasteiger partial charge in [0.1, 0.15) is 23.4 Å². The second kappa shape index (κ2) is 9.98. The van der Waals surface area contributed by atoms with Crippen LogP contribution >= 0.6 is 12.4 Å². The van der Waals surface area contributed by atoms with Gasteiger partial charge in [-0.2, -0.15) is 5.10 Å². The second-order valence-corrected chi connectivity index (χ2v) is 5.67. The molecule has 0 fully saturated rings. The number of hydrogen-bond acceptors (Lipinski definition) is 4. The van der Waals surface area contributed by atoms with Crippen LogP contribution in [0.4, 0.5) is 14.5 Å². The zero-order chi connectivity index (χ0) is 19.3. The van der Waals surface area contributed by atoms with Crippen LogP contribution in [0.25, 0.3) is 0 Å². The van der Waals surface area contributed by atoms with E-state index in [1.165, 1.54) is 11.0 Å². The normalized spacial score (nSPS) is 11.4. The van der Waals surface area contributed by atoms with Gasteiger partial charge in [-0.1, -0.05) is 6.07 Å². The fourth-order valence-corrected chi connectivity index (χ4v) is 2.52. The fraction of sp³-hybridized carbons (Fsp3) is 0.353. The summed E-state index contributed by atoms with van der Waals surface area (Å²) in [4.78, 5) is 26.2. The first-order valence-corrected chi connectivity index (χ1v) is 8.05. The monoisotopic (exact) mass is 401 g/mol. The zero-order valence-electron chi connectivity index (χ0n) is 15.2. The molecule has 1 aromatic carbocycles. The van der Waals surface area contributed by atoms with Crippen molar-refractivity contribution in [2.75, 3.05) is 25.5 Å². The molecule has 0 aliphatic heterocycles. The molecule has 1 heterocycles. The molecule has 10 heteroatoms. The molecule has 1 atom stereocenters. The first kappa shape index (κ1) is 22.5. The molecule has 0 aliphatic carbocycles. The van der Waals surface area contributed by atoms with Crippen LogP contribution in [0.15, 0.2) is 30.6 Å². The van der Waals surface area contributed by atoms with Crippen molar-refractivity contribution < 1.29 is 18.4 Å². The first-order valence-electron chi connectivity index (χ1n) is 8.05. The summed E-state index contributed by atoms with van der Waals surface area (Å²) in [5.41, 5.74) is 0.123. The van der Waals surface area contributed by atoms with Crippen molar-refractivity contribution in [1.29, 1.82) is 0 Å². The molecular weight excluding hydrogens is 380 g/mol. The molecule has 0 saturated carbocycles. The van der Waals surface area contributed by atoms with E-state index in [0.29, 0.717) is 5.56 Å². The number of likely N-dealkylation sites (N-methyl/N-ethyl adjacent to an activating group) is 2. The number of carbonyl (C=O) groups is 2. The molecule has 0 radical (unpaired) electrons. The Kier molecular flexibility index (Phi) is 8.32. The maximum atomic E-state index is 13.6. The molecule has 148 valence electrons. The van der Waals surface area contributed by atoms with Crippen molar-refractivity contribution in [3.63, 3.8) is 0 Å². The molecule has 0 spiro atoms. The number of para-hydroxylation sites is 1. The van der Waals surface area contributed by atoms with Crippen LogP contribution in [0.2, 0.25) is 0 Å². The Morgan fingerprint density at radius 3 is 2.41 bits per heavy atom. The summed E-state index contributed by atoms with van der Waals surface area (Å²) >= 11 is 0. The quantitative estimate of drug-likeness (QED) is 0.742. The lowest BCUT2D eigenvalue weighted by Gasteiger charge is -2.25. The van der Waals surface area contributed by atoms with Gasteiger partial charge < -0.3 is 15.5 Å². The summed E-state index contributed by atoms with van der Waals surface area (Å²) in [5.74, 6) is -2.79. The number of carbonyl (C=O) groups excluding carboxylic acids is 2. The van der Waals surface area contributed by atoms with Gasteiger partial charge in [-0.25, -0.2) is 8.78 Å². The number of aromatic nitrogens is 2. The molecule has 2 aromatic rings. The van der Waals surface area contributed by atoms with Crippen molar-refractivity contribution in [2.45, 2.75) is 13.0 Å². The van der Waals surface area contributed by atoms with Crippen LogP contribution < -0.4 is 10.6 Å². The van der Waals surface area contributed by atoms with E-state index in [4.69, 9.17) is 0 Å². The van der Waals surface area contributed by atoms with Gasteiger partial charge in [0.15, 0.2) is 0 Å². The van der Waals surface area contributed by atoms with Crippen molar-refractivity contribution in [1.82, 2.24) is 20.0 Å². The summed E-state index contributed by atoms with van der Waals surface area (Å²) < 4.78 is 28.8. The first-order chi connectivity index (χ1) is 12.4. The molecule has 7 nitrogen and oxygen atoms in total. The number of benzene rings is 1. The smallest absolute Gasteiger partial charge is 0.244 e. The summed E-state index contributed by atoms with van der Waals surface area (Å²) in [6.07, 6.45) is 3.25. The highest BCUT2D eigenvalue weighted by molar-refractivity contribution is 5.95. The Morgan fingerprint density at radius 2 is 1.93 bits per heavy atom. The van der Waals surface area contributed by atoms with E-state index < -0.39 is 29.3 Å². The molecule has 27 heavy (non-hydrogen) atoms. The highest BCUT2D eigenvalue weighted by atomic mass is 35.5. The summed E-state index contributed by atoms with van der Waals surface area (Å²) in [7, 11) is 3.35. The van der Waals surface area contributed by atoms with E-state index in [1.54, 1.807) is 38.1 Å². The molecule has 2 amide bonds. The van der Waals surface area contributed by atoms with Crippen molar-refractivity contribution in [3.8, 4) is 0 Å². The van der Waals surface area contributed by atoms with E-state index in [-0.39, 0.29) is 31.4 Å². The molecule has 1 aromatic heterocycles. The maximum absolute atomic E-state index is 13.6. The third-order valence-electron chi connectivity index (χ3n) is 3.85. The minimum Gasteiger partial charge on any atom is -0.332 e. The number of nitrogens with one attached hydrogen (secondary N) is 2. The van der Waals surface area contributed by atoms with Crippen LogP contribution in [-0.4, -0.2) is 46.6 Å². The largest absolute Gasteiger partial charge is 0.332 e. The fourth-order valence-electron chi connectivity index (χ4n) is 2.52. The van der Waals surface area contributed by atoms with Gasteiger partial charge in [0.2, 0.25) is 11.8 Å². The Labute approximate surface area is 162 Å². The molecule has 2 rings (SSSR count). The minimum atomic E-state index is -0.879. The zero-order valence-corrected chi connectivity index (χ0v) is 16.0. The average Bonchev–Trinajstić information content (AvgIpc) is 3.02. The Bertz CT molecular complexity index is 779. The van der Waals surface area contributed by atoms with Crippen molar-refractivity contribution in [2.24, 2.45) is 7.05 Å². The van der Waals surface area contributed by atoms with E-state index in [9.17, 15) is 18.4 Å². The number of halogens is 3. The Morgan fingerprint density at radius 1 is 1.30 bits per heavy atom. The predicted molar refractivity (Wildman–Crippen MR) is 99.5 cm³/mol. The molecular formula is C17H22ClF2N5O2. The standard InChI is InChI=1S/C17H21F2N5O2.ClH/c1-4-24(17(26)15(20-2)11-8-21-23(3)9-11)10-14(25)22-16-12(18)6-5-7-13(16)19;/h5-9,15,20H,4,10H2,1-3H3,(H,22,25);1H. The van der Waals surface area contributed by atoms with Gasteiger partial charge in [0.25, 0.3) is 0 Å². The van der Waals surface area contributed by atoms with Crippen LogP contribution in [0.5, 0.6) is 0 Å². The molecule has 1 unspecified atom stereocenters. The summed E-state index contributed by atoms with van der Waals surface area (Å²) in [6.45, 7) is 1.64. The van der Waals surface area contributed by atoms with Gasteiger partial charge >= 0.3 is 0 Å². The number of rotatable bonds is 7. The van der Waals surface area contributed by atoms with E-state index in [1.807, 2.05) is 0 Å². The molecule has 2 N–H and O–H groups in total. The van der Waals surface area contributed by atoms with Crippen LogP contribution in [0.3, 0.4) is 0 Å². The number of anilines is 1. The third-order valence-corrected chi connectivity index (χ3v) is 3.85. The predicted octanol–water partition coefficient (Wildman–Crippen LogP) is 1.87. The topological polar surface area (TPSA) is 79.3 Å². The molecule has 0 aliphatic rings. The van der Waals surface area contributed by atoms with Crippen molar-refractivity contribution >= 4 is 29.9 Å². The maximum Gasteiger partial charge on any atom is 0.244 e. The Balaban J connectivity index is 0.00000364. The lowest BCUT2D eigenvalue weighted by molar-refractivity contribution is -0.136. The second-order valence-electron chi connectivity index (χ2n) is 5.67. The van der Waals surface area contributed by atoms with E-state index in [2.05, 4.69) is 15.7 Å². The number of nitrogens with zero attached hydrogens (tertiary/aromatic N) is 3. The summed E-state index contributed by atoms with van der Waals surface area (Å²) in [6, 6.07) is 2.61. The summed E-state index contributed by atoms with van der Waals surface area (Å²) in [5, 5.41) is 9.10. The molecule has 0 bridgehead atoms. The van der Waals surface area contributed by atoms with Gasteiger partial charge in [0, 0.05) is 25.4 Å². The SMILES string of the molecule is CCN(CC(=O)Nc1c(F)cccc1F)C(=O)C(NC)c1cnn(C)c1.Cl. The molecule has 0 saturated heterocycles. The number of amides is 2. The highest BCUT2D eigenvalue weighted by Gasteiger charge is 2.26. The minimum absolute atomic E-state index is 0. The van der Waals surface area contributed by atoms with Crippen LogP contribution in [-0.2, 0) is 16.6 Å². The highest BCUT2D eigenvalue weighted by Crippen LogP contribution is 2.18. The van der Waals surface area contributed by atoms with Gasteiger partial charge in [-0.05, 0) is 26.1 Å². The Hall–Kier alpha value is -2.52. The van der Waals surface area contributed by atoms with Gasteiger partial charge in [-0.15, -0.1) is 12.4 Å².